The molecule has 3 aromatic rings. The molecule has 160 valence electrons. The number of ketones is 1. The SMILES string of the molecule is CC(=O)c1cc(C)ccc1OC(=O)c1nc(S(=O)(=O)Cc2ccccc2C)ncc1Cl. The van der Waals surface area contributed by atoms with Gasteiger partial charge in [0, 0.05) is 0 Å². The van der Waals surface area contributed by atoms with Crippen molar-refractivity contribution in [1.29, 1.82) is 0 Å². The number of aryl methyl sites for hydroxylation is 2. The third kappa shape index (κ3) is 5.15. The molecule has 0 saturated heterocycles. The van der Waals surface area contributed by atoms with Crippen molar-refractivity contribution in [3.63, 3.8) is 0 Å². The number of aromatic nitrogens is 2. The topological polar surface area (TPSA) is 103 Å². The first-order valence-electron chi connectivity index (χ1n) is 9.22. The summed E-state index contributed by atoms with van der Waals surface area (Å²) in [4.78, 5) is 32.2. The average molecular weight is 459 g/mol. The summed E-state index contributed by atoms with van der Waals surface area (Å²) in [6, 6.07) is 11.8. The van der Waals surface area contributed by atoms with Crippen LogP contribution in [-0.4, -0.2) is 30.1 Å². The second-order valence-corrected chi connectivity index (χ2v) is 9.27. The van der Waals surface area contributed by atoms with Crippen molar-refractivity contribution in [3.05, 3.63) is 81.6 Å². The van der Waals surface area contributed by atoms with Crippen LogP contribution >= 0.6 is 11.6 Å². The van der Waals surface area contributed by atoms with Gasteiger partial charge in [-0.25, -0.2) is 23.2 Å². The molecule has 0 unspecified atom stereocenters. The molecule has 7 nitrogen and oxygen atoms in total. The summed E-state index contributed by atoms with van der Waals surface area (Å²) in [6.07, 6.45) is 1.04. The number of benzene rings is 2. The maximum absolute atomic E-state index is 12.8. The van der Waals surface area contributed by atoms with Crippen LogP contribution in [0.4, 0.5) is 0 Å². The van der Waals surface area contributed by atoms with Gasteiger partial charge in [0.25, 0.3) is 0 Å². The Kier molecular flexibility index (Phi) is 6.52. The third-order valence-corrected chi connectivity index (χ3v) is 6.24. The largest absolute Gasteiger partial charge is 0.421 e. The van der Waals surface area contributed by atoms with Gasteiger partial charge in [-0.05, 0) is 44.0 Å². The molecule has 0 aliphatic heterocycles. The summed E-state index contributed by atoms with van der Waals surface area (Å²) in [6.45, 7) is 4.94. The molecule has 9 heteroatoms. The molecule has 3 rings (SSSR count). The minimum atomic E-state index is -3.95. The molecule has 0 bridgehead atoms. The fourth-order valence-corrected chi connectivity index (χ4v) is 4.32. The summed E-state index contributed by atoms with van der Waals surface area (Å²) < 4.78 is 30.9. The Morgan fingerprint density at radius 1 is 1.10 bits per heavy atom. The van der Waals surface area contributed by atoms with E-state index in [-0.39, 0.29) is 27.9 Å². The molecule has 0 radical (unpaired) electrons. The molecule has 1 aromatic heterocycles. The number of sulfone groups is 1. The van der Waals surface area contributed by atoms with E-state index in [1.165, 1.54) is 13.0 Å². The van der Waals surface area contributed by atoms with Crippen LogP contribution in [0.15, 0.2) is 53.8 Å². The number of hydrogen-bond acceptors (Lipinski definition) is 7. The molecule has 0 atom stereocenters. The van der Waals surface area contributed by atoms with Gasteiger partial charge in [0.15, 0.2) is 11.5 Å². The second kappa shape index (κ2) is 8.95. The van der Waals surface area contributed by atoms with E-state index in [4.69, 9.17) is 16.3 Å². The lowest BCUT2D eigenvalue weighted by molar-refractivity contribution is 0.0725. The number of rotatable bonds is 6. The first-order valence-corrected chi connectivity index (χ1v) is 11.2. The Bertz CT molecular complexity index is 1290. The van der Waals surface area contributed by atoms with Crippen LogP contribution in [0.2, 0.25) is 5.02 Å². The van der Waals surface area contributed by atoms with Gasteiger partial charge in [0.05, 0.1) is 22.5 Å². The maximum atomic E-state index is 12.8. The molecule has 0 saturated carbocycles. The number of carbonyl (C=O) groups is 2. The van der Waals surface area contributed by atoms with Crippen molar-refractivity contribution in [1.82, 2.24) is 9.97 Å². The van der Waals surface area contributed by atoms with Crippen molar-refractivity contribution in [3.8, 4) is 5.75 Å². The Hall–Kier alpha value is -3.10. The van der Waals surface area contributed by atoms with Gasteiger partial charge in [-0.1, -0.05) is 47.5 Å². The Labute approximate surface area is 185 Å². The zero-order valence-electron chi connectivity index (χ0n) is 17.0. The van der Waals surface area contributed by atoms with Gasteiger partial charge in [-0.3, -0.25) is 4.79 Å². The molecule has 31 heavy (non-hydrogen) atoms. The van der Waals surface area contributed by atoms with Gasteiger partial charge in [-0.2, -0.15) is 0 Å². The minimum absolute atomic E-state index is 0.0297. The zero-order chi connectivity index (χ0) is 22.8. The van der Waals surface area contributed by atoms with E-state index in [9.17, 15) is 18.0 Å². The summed E-state index contributed by atoms with van der Waals surface area (Å²) in [7, 11) is -3.95. The van der Waals surface area contributed by atoms with E-state index in [1.54, 1.807) is 50.2 Å². The first kappa shape index (κ1) is 22.6. The van der Waals surface area contributed by atoms with Crippen molar-refractivity contribution >= 4 is 33.2 Å². The minimum Gasteiger partial charge on any atom is -0.421 e. The number of Topliss-reactive ketones (excluding diaryl/α,β-unsaturated/α-hetero) is 1. The van der Waals surface area contributed by atoms with Crippen LogP contribution in [-0.2, 0) is 15.6 Å². The highest BCUT2D eigenvalue weighted by Gasteiger charge is 2.25. The Balaban J connectivity index is 1.93. The molecule has 0 fully saturated rings. The van der Waals surface area contributed by atoms with Crippen LogP contribution in [0.1, 0.15) is 44.5 Å². The highest BCUT2D eigenvalue weighted by molar-refractivity contribution is 7.90. The molecule has 2 aromatic carbocycles. The van der Waals surface area contributed by atoms with Gasteiger partial charge < -0.3 is 4.74 Å². The van der Waals surface area contributed by atoms with Crippen LogP contribution < -0.4 is 4.74 Å². The number of esters is 1. The summed E-state index contributed by atoms with van der Waals surface area (Å²) >= 11 is 6.03. The second-order valence-electron chi connectivity index (χ2n) is 6.98. The van der Waals surface area contributed by atoms with E-state index in [0.29, 0.717) is 5.56 Å². The van der Waals surface area contributed by atoms with Crippen molar-refractivity contribution < 1.29 is 22.7 Å². The van der Waals surface area contributed by atoms with E-state index >= 15 is 0 Å². The van der Waals surface area contributed by atoms with Gasteiger partial charge in [0.2, 0.25) is 15.0 Å². The number of halogens is 1. The lowest BCUT2D eigenvalue weighted by Crippen LogP contribution is -2.17. The summed E-state index contributed by atoms with van der Waals surface area (Å²) in [5, 5.41) is -0.709. The fraction of sp³-hybridized carbons (Fsp3) is 0.182. The van der Waals surface area contributed by atoms with Crippen LogP contribution in [0.25, 0.3) is 0 Å². The van der Waals surface area contributed by atoms with E-state index < -0.39 is 26.7 Å². The molecule has 0 amide bonds. The lowest BCUT2D eigenvalue weighted by atomic mass is 10.1. The fourth-order valence-electron chi connectivity index (χ4n) is 2.84. The molecule has 0 N–H and O–H groups in total. The molecule has 0 spiro atoms. The number of carbonyl (C=O) groups excluding carboxylic acids is 2. The van der Waals surface area contributed by atoms with Gasteiger partial charge >= 0.3 is 5.97 Å². The van der Waals surface area contributed by atoms with E-state index in [0.717, 1.165) is 17.3 Å². The standard InChI is InChI=1S/C22H19ClN2O5S/c1-13-8-9-19(17(10-13)15(3)26)30-21(27)20-18(23)11-24-22(25-20)31(28,29)12-16-7-5-4-6-14(16)2/h4-11H,12H2,1-3H3. The number of ether oxygens (including phenoxy) is 1. The molecule has 0 aliphatic rings. The van der Waals surface area contributed by atoms with E-state index in [1.807, 2.05) is 0 Å². The van der Waals surface area contributed by atoms with Gasteiger partial charge in [-0.15, -0.1) is 0 Å². The molecular weight excluding hydrogens is 440 g/mol. The maximum Gasteiger partial charge on any atom is 0.364 e. The monoisotopic (exact) mass is 458 g/mol. The summed E-state index contributed by atoms with van der Waals surface area (Å²) in [5.41, 5.74) is 2.02. The normalized spacial score (nSPS) is 11.2. The van der Waals surface area contributed by atoms with Crippen LogP contribution in [0, 0.1) is 13.8 Å². The smallest absolute Gasteiger partial charge is 0.364 e. The number of nitrogens with zero attached hydrogens (tertiary/aromatic N) is 2. The molecule has 1 heterocycles. The van der Waals surface area contributed by atoms with Crippen molar-refractivity contribution in [2.24, 2.45) is 0 Å². The Morgan fingerprint density at radius 3 is 2.48 bits per heavy atom. The first-order chi connectivity index (χ1) is 14.6. The van der Waals surface area contributed by atoms with Gasteiger partial charge in [0.1, 0.15) is 5.75 Å². The number of hydrogen-bond donors (Lipinski definition) is 0. The lowest BCUT2D eigenvalue weighted by Gasteiger charge is -2.10. The molecule has 0 aliphatic carbocycles. The zero-order valence-corrected chi connectivity index (χ0v) is 18.6. The Morgan fingerprint density at radius 2 is 1.81 bits per heavy atom. The van der Waals surface area contributed by atoms with Crippen molar-refractivity contribution in [2.45, 2.75) is 31.7 Å². The highest BCUT2D eigenvalue weighted by Crippen LogP contribution is 2.24. The summed E-state index contributed by atoms with van der Waals surface area (Å²) in [5.74, 6) is -1.59. The van der Waals surface area contributed by atoms with Crippen LogP contribution in [0.3, 0.4) is 0 Å². The third-order valence-electron chi connectivity index (χ3n) is 4.52. The quantitative estimate of drug-likeness (QED) is 0.236. The van der Waals surface area contributed by atoms with E-state index in [2.05, 4.69) is 9.97 Å². The predicted molar refractivity (Wildman–Crippen MR) is 115 cm³/mol. The highest BCUT2D eigenvalue weighted by atomic mass is 35.5. The average Bonchev–Trinajstić information content (AvgIpc) is 2.71. The van der Waals surface area contributed by atoms with Crippen LogP contribution in [0.5, 0.6) is 5.75 Å². The molecular formula is C22H19ClN2O5S. The van der Waals surface area contributed by atoms with Crippen molar-refractivity contribution in [2.75, 3.05) is 0 Å². The predicted octanol–water partition coefficient (Wildman–Crippen LogP) is 4.14.